The van der Waals surface area contributed by atoms with E-state index in [2.05, 4.69) is 17.1 Å². The molecular weight excluding hydrogens is 390 g/mol. The number of carbonyl (C=O) groups is 1. The second-order valence-electron chi connectivity index (χ2n) is 8.09. The molecule has 0 aliphatic carbocycles. The highest BCUT2D eigenvalue weighted by molar-refractivity contribution is 5.97. The number of aryl methyl sites for hydroxylation is 2. The van der Waals surface area contributed by atoms with E-state index in [0.29, 0.717) is 23.3 Å². The van der Waals surface area contributed by atoms with Crippen LogP contribution in [0, 0.1) is 6.92 Å². The fraction of sp³-hybridized carbons (Fsp3) is 0.400. The lowest BCUT2D eigenvalue weighted by Crippen LogP contribution is -2.35. The fourth-order valence-corrected chi connectivity index (χ4v) is 4.51. The van der Waals surface area contributed by atoms with Crippen LogP contribution in [0.1, 0.15) is 60.3 Å². The maximum absolute atomic E-state index is 13.6. The molecule has 0 N–H and O–H groups in total. The molecule has 1 unspecified atom stereocenters. The number of benzene rings is 2. The lowest BCUT2D eigenvalue weighted by Gasteiger charge is -2.31. The van der Waals surface area contributed by atoms with Crippen LogP contribution in [0.3, 0.4) is 0 Å². The predicted molar refractivity (Wildman–Crippen MR) is 122 cm³/mol. The number of aromatic nitrogens is 2. The molecule has 31 heavy (non-hydrogen) atoms. The van der Waals surface area contributed by atoms with E-state index in [1.54, 1.807) is 18.6 Å². The molecule has 1 amide bonds. The second-order valence-corrected chi connectivity index (χ2v) is 8.09. The van der Waals surface area contributed by atoms with Gasteiger partial charge < -0.3 is 14.2 Å². The third kappa shape index (κ3) is 4.07. The molecule has 1 atom stereocenters. The highest BCUT2D eigenvalue weighted by atomic mass is 16.5. The van der Waals surface area contributed by atoms with E-state index in [0.717, 1.165) is 49.1 Å². The van der Waals surface area contributed by atoms with Gasteiger partial charge in [-0.3, -0.25) is 9.59 Å². The zero-order valence-electron chi connectivity index (χ0n) is 18.4. The summed E-state index contributed by atoms with van der Waals surface area (Å²) in [6.45, 7) is 4.96. The summed E-state index contributed by atoms with van der Waals surface area (Å²) in [5.74, 6) is 0.825. The summed E-state index contributed by atoms with van der Waals surface area (Å²) in [6, 6.07) is 13.6. The SMILES string of the molecule is CCn1c(=O)c(C)nc2cc(C(=O)N3CCCCCC3c3ccc(OC)cc3)ccc21. The number of nitrogens with zero attached hydrogens (tertiary/aromatic N) is 3. The summed E-state index contributed by atoms with van der Waals surface area (Å²) < 4.78 is 7.00. The van der Waals surface area contributed by atoms with E-state index in [1.807, 2.05) is 42.2 Å². The van der Waals surface area contributed by atoms with Crippen molar-refractivity contribution in [2.45, 2.75) is 52.1 Å². The van der Waals surface area contributed by atoms with Gasteiger partial charge in [0, 0.05) is 18.7 Å². The molecule has 0 radical (unpaired) electrons. The zero-order chi connectivity index (χ0) is 22.0. The molecule has 0 bridgehead atoms. The number of carbonyl (C=O) groups excluding carboxylic acids is 1. The highest BCUT2D eigenvalue weighted by Crippen LogP contribution is 2.32. The fourth-order valence-electron chi connectivity index (χ4n) is 4.51. The Morgan fingerprint density at radius 2 is 1.90 bits per heavy atom. The van der Waals surface area contributed by atoms with Gasteiger partial charge in [0.05, 0.1) is 24.2 Å². The first-order chi connectivity index (χ1) is 15.0. The van der Waals surface area contributed by atoms with E-state index in [1.165, 1.54) is 0 Å². The van der Waals surface area contributed by atoms with Crippen LogP contribution in [0.4, 0.5) is 0 Å². The molecule has 3 aromatic rings. The minimum atomic E-state index is -0.0823. The molecule has 4 rings (SSSR count). The Labute approximate surface area is 182 Å². The van der Waals surface area contributed by atoms with Crippen molar-refractivity contribution in [3.8, 4) is 5.75 Å². The Morgan fingerprint density at radius 3 is 2.61 bits per heavy atom. The molecule has 162 valence electrons. The van der Waals surface area contributed by atoms with Crippen LogP contribution in [0.25, 0.3) is 11.0 Å². The Morgan fingerprint density at radius 1 is 1.13 bits per heavy atom. The van der Waals surface area contributed by atoms with Gasteiger partial charge in [0.2, 0.25) is 0 Å². The molecule has 6 heteroatoms. The molecule has 1 aliphatic heterocycles. The van der Waals surface area contributed by atoms with E-state index >= 15 is 0 Å². The molecule has 2 heterocycles. The van der Waals surface area contributed by atoms with E-state index in [9.17, 15) is 9.59 Å². The van der Waals surface area contributed by atoms with Crippen LogP contribution in [0.15, 0.2) is 47.3 Å². The topological polar surface area (TPSA) is 64.4 Å². The number of amides is 1. The number of ether oxygens (including phenoxy) is 1. The van der Waals surface area contributed by atoms with Crippen molar-refractivity contribution in [2.24, 2.45) is 0 Å². The number of rotatable bonds is 4. The van der Waals surface area contributed by atoms with Crippen LogP contribution in [0.2, 0.25) is 0 Å². The standard InChI is InChI=1S/C25H29N3O3/c1-4-27-23-14-11-19(16-21(23)26-17(2)24(27)29)25(30)28-15-7-5-6-8-22(28)18-9-12-20(31-3)13-10-18/h9-14,16,22H,4-8,15H2,1-3H3. The third-order valence-corrected chi connectivity index (χ3v) is 6.19. The minimum absolute atomic E-state index is 0.0123. The summed E-state index contributed by atoms with van der Waals surface area (Å²) in [5, 5.41) is 0. The molecule has 6 nitrogen and oxygen atoms in total. The predicted octanol–water partition coefficient (Wildman–Crippen LogP) is 4.49. The lowest BCUT2D eigenvalue weighted by molar-refractivity contribution is 0.0681. The van der Waals surface area contributed by atoms with Crippen molar-refractivity contribution in [3.05, 3.63) is 69.6 Å². The monoisotopic (exact) mass is 419 g/mol. The Kier molecular flexibility index (Phi) is 6.07. The van der Waals surface area contributed by atoms with Gasteiger partial charge in [0.1, 0.15) is 11.4 Å². The van der Waals surface area contributed by atoms with Crippen LogP contribution >= 0.6 is 0 Å². The van der Waals surface area contributed by atoms with Crippen LogP contribution in [-0.4, -0.2) is 34.0 Å². The number of hydrogen-bond donors (Lipinski definition) is 0. The lowest BCUT2D eigenvalue weighted by atomic mass is 9.99. The first kappa shape index (κ1) is 21.1. The third-order valence-electron chi connectivity index (χ3n) is 6.19. The first-order valence-electron chi connectivity index (χ1n) is 11.0. The van der Waals surface area contributed by atoms with Crippen molar-refractivity contribution < 1.29 is 9.53 Å². The Bertz CT molecular complexity index is 1150. The number of methoxy groups -OCH3 is 1. The van der Waals surface area contributed by atoms with Gasteiger partial charge in [-0.15, -0.1) is 0 Å². The van der Waals surface area contributed by atoms with Gasteiger partial charge >= 0.3 is 0 Å². The van der Waals surface area contributed by atoms with E-state index in [-0.39, 0.29) is 17.5 Å². The molecule has 1 saturated heterocycles. The van der Waals surface area contributed by atoms with Crippen molar-refractivity contribution in [2.75, 3.05) is 13.7 Å². The van der Waals surface area contributed by atoms with Gasteiger partial charge in [0.25, 0.3) is 11.5 Å². The van der Waals surface area contributed by atoms with Gasteiger partial charge in [0.15, 0.2) is 0 Å². The summed E-state index contributed by atoms with van der Waals surface area (Å²) >= 11 is 0. The van der Waals surface area contributed by atoms with E-state index < -0.39 is 0 Å². The summed E-state index contributed by atoms with van der Waals surface area (Å²) in [4.78, 5) is 32.5. The van der Waals surface area contributed by atoms with Crippen LogP contribution < -0.4 is 10.3 Å². The molecule has 0 saturated carbocycles. The average molecular weight is 420 g/mol. The maximum atomic E-state index is 13.6. The molecule has 1 fully saturated rings. The number of likely N-dealkylation sites (tertiary alicyclic amines) is 1. The largest absolute Gasteiger partial charge is 0.497 e. The average Bonchev–Trinajstić information content (AvgIpc) is 3.05. The minimum Gasteiger partial charge on any atom is -0.497 e. The maximum Gasteiger partial charge on any atom is 0.272 e. The van der Waals surface area contributed by atoms with Crippen LogP contribution in [0.5, 0.6) is 5.75 Å². The summed E-state index contributed by atoms with van der Waals surface area (Å²) in [6.07, 6.45) is 4.16. The summed E-state index contributed by atoms with van der Waals surface area (Å²) in [5.41, 5.74) is 3.55. The quantitative estimate of drug-likeness (QED) is 0.625. The number of hydrogen-bond acceptors (Lipinski definition) is 4. The van der Waals surface area contributed by atoms with E-state index in [4.69, 9.17) is 4.74 Å². The zero-order valence-corrected chi connectivity index (χ0v) is 18.4. The van der Waals surface area contributed by atoms with Gasteiger partial charge in [-0.1, -0.05) is 25.0 Å². The van der Waals surface area contributed by atoms with Gasteiger partial charge in [-0.25, -0.2) is 4.98 Å². The van der Waals surface area contributed by atoms with Crippen molar-refractivity contribution in [1.29, 1.82) is 0 Å². The van der Waals surface area contributed by atoms with Gasteiger partial charge in [-0.2, -0.15) is 0 Å². The molecule has 1 aromatic heterocycles. The molecule has 1 aliphatic rings. The normalized spacial score (nSPS) is 16.9. The summed E-state index contributed by atoms with van der Waals surface area (Å²) in [7, 11) is 1.66. The second kappa shape index (κ2) is 8.92. The smallest absolute Gasteiger partial charge is 0.272 e. The Hall–Kier alpha value is -3.15. The molecule has 0 spiro atoms. The van der Waals surface area contributed by atoms with Crippen molar-refractivity contribution in [1.82, 2.24) is 14.5 Å². The number of fused-ring (bicyclic) bond motifs is 1. The van der Waals surface area contributed by atoms with Crippen molar-refractivity contribution >= 4 is 16.9 Å². The first-order valence-corrected chi connectivity index (χ1v) is 11.0. The van der Waals surface area contributed by atoms with Crippen molar-refractivity contribution in [3.63, 3.8) is 0 Å². The Balaban J connectivity index is 1.72. The molecular formula is C25H29N3O3. The highest BCUT2D eigenvalue weighted by Gasteiger charge is 2.28. The van der Waals surface area contributed by atoms with Gasteiger partial charge in [-0.05, 0) is 62.6 Å². The van der Waals surface area contributed by atoms with Crippen LogP contribution in [-0.2, 0) is 6.54 Å². The molecule has 2 aromatic carbocycles.